The molecule has 0 saturated carbocycles. The summed E-state index contributed by atoms with van der Waals surface area (Å²) < 4.78 is 5.43. The lowest BCUT2D eigenvalue weighted by atomic mass is 10.1. The molecule has 0 bridgehead atoms. The zero-order chi connectivity index (χ0) is 13.7. The number of carbonyl (C=O) groups excluding carboxylic acids is 1. The van der Waals surface area contributed by atoms with Crippen LogP contribution in [-0.4, -0.2) is 31.2 Å². The van der Waals surface area contributed by atoms with Crippen LogP contribution in [0.2, 0.25) is 0 Å². The Morgan fingerprint density at radius 2 is 2.42 bits per heavy atom. The first-order valence-electron chi connectivity index (χ1n) is 6.42. The number of hydrogen-bond donors (Lipinski definition) is 2. The van der Waals surface area contributed by atoms with E-state index in [-0.39, 0.29) is 18.1 Å². The van der Waals surface area contributed by atoms with Crippen molar-refractivity contribution in [2.45, 2.75) is 25.5 Å². The molecule has 0 radical (unpaired) electrons. The molecule has 1 amide bonds. The van der Waals surface area contributed by atoms with Crippen molar-refractivity contribution in [3.8, 4) is 11.8 Å². The predicted octanol–water partition coefficient (Wildman–Crippen LogP) is 0.904. The van der Waals surface area contributed by atoms with E-state index in [9.17, 15) is 4.79 Å². The molecule has 19 heavy (non-hydrogen) atoms. The van der Waals surface area contributed by atoms with Gasteiger partial charge in [0.15, 0.2) is 0 Å². The van der Waals surface area contributed by atoms with E-state index in [1.807, 2.05) is 19.1 Å². The van der Waals surface area contributed by atoms with Gasteiger partial charge in [0.25, 0.3) is 5.91 Å². The van der Waals surface area contributed by atoms with E-state index in [0.29, 0.717) is 18.7 Å². The first kappa shape index (κ1) is 13.6. The number of nitrogens with two attached hydrogens (primary N) is 1. The lowest BCUT2D eigenvalue weighted by Crippen LogP contribution is -2.39. The van der Waals surface area contributed by atoms with Crippen molar-refractivity contribution < 1.29 is 9.53 Å². The van der Waals surface area contributed by atoms with E-state index in [1.54, 1.807) is 12.1 Å². The highest BCUT2D eigenvalue weighted by Gasteiger charge is 2.25. The van der Waals surface area contributed by atoms with Gasteiger partial charge in [-0.05, 0) is 31.5 Å². The monoisotopic (exact) mass is 258 g/mol. The van der Waals surface area contributed by atoms with Crippen LogP contribution >= 0.6 is 0 Å². The quantitative estimate of drug-likeness (QED) is 0.775. The second-order valence-corrected chi connectivity index (χ2v) is 4.53. The van der Waals surface area contributed by atoms with E-state index in [2.05, 4.69) is 17.2 Å². The van der Waals surface area contributed by atoms with E-state index in [0.717, 1.165) is 12.0 Å². The molecule has 2 rings (SSSR count). The van der Waals surface area contributed by atoms with Gasteiger partial charge in [-0.2, -0.15) is 0 Å². The average molecular weight is 258 g/mol. The lowest BCUT2D eigenvalue weighted by molar-refractivity contribution is 0.0866. The molecule has 0 spiro atoms. The standard InChI is InChI=1S/C15H18N2O2/c1-11-14(7-9-19-11)17-15(18)13-6-2-4-12(10-13)5-3-8-16/h2,4,6,10-11,14H,7-9,16H2,1H3,(H,17,18). The van der Waals surface area contributed by atoms with Crippen molar-refractivity contribution in [1.29, 1.82) is 0 Å². The Hall–Kier alpha value is -1.83. The molecule has 0 aliphatic carbocycles. The fourth-order valence-electron chi connectivity index (χ4n) is 2.06. The Morgan fingerprint density at radius 3 is 3.11 bits per heavy atom. The van der Waals surface area contributed by atoms with Crippen LogP contribution in [-0.2, 0) is 4.74 Å². The van der Waals surface area contributed by atoms with Crippen molar-refractivity contribution >= 4 is 5.91 Å². The van der Waals surface area contributed by atoms with Crippen molar-refractivity contribution in [3.63, 3.8) is 0 Å². The van der Waals surface area contributed by atoms with Gasteiger partial charge in [-0.25, -0.2) is 0 Å². The summed E-state index contributed by atoms with van der Waals surface area (Å²) in [6.07, 6.45) is 0.934. The van der Waals surface area contributed by atoms with Gasteiger partial charge in [0, 0.05) is 17.7 Å². The Balaban J connectivity index is 2.06. The maximum Gasteiger partial charge on any atom is 0.251 e. The van der Waals surface area contributed by atoms with Crippen LogP contribution in [0.5, 0.6) is 0 Å². The number of ether oxygens (including phenoxy) is 1. The van der Waals surface area contributed by atoms with Gasteiger partial charge in [0.1, 0.15) is 0 Å². The largest absolute Gasteiger partial charge is 0.376 e. The molecule has 3 N–H and O–H groups in total. The van der Waals surface area contributed by atoms with Gasteiger partial charge in [0.05, 0.1) is 18.7 Å². The highest BCUT2D eigenvalue weighted by molar-refractivity contribution is 5.94. The van der Waals surface area contributed by atoms with Gasteiger partial charge in [-0.15, -0.1) is 0 Å². The highest BCUT2D eigenvalue weighted by atomic mass is 16.5. The number of hydrogen-bond acceptors (Lipinski definition) is 3. The molecule has 100 valence electrons. The molecule has 4 heteroatoms. The van der Waals surface area contributed by atoms with Gasteiger partial charge < -0.3 is 15.8 Å². The second-order valence-electron chi connectivity index (χ2n) is 4.53. The fraction of sp³-hybridized carbons (Fsp3) is 0.400. The Labute approximate surface area is 113 Å². The molecule has 4 nitrogen and oxygen atoms in total. The van der Waals surface area contributed by atoms with Crippen molar-refractivity contribution in [3.05, 3.63) is 35.4 Å². The van der Waals surface area contributed by atoms with E-state index < -0.39 is 0 Å². The summed E-state index contributed by atoms with van der Waals surface area (Å²) in [5.74, 6) is 5.61. The second kappa shape index (κ2) is 6.37. The topological polar surface area (TPSA) is 64.3 Å². The molecule has 1 saturated heterocycles. The maximum absolute atomic E-state index is 12.1. The first-order valence-corrected chi connectivity index (χ1v) is 6.42. The summed E-state index contributed by atoms with van der Waals surface area (Å²) in [7, 11) is 0. The van der Waals surface area contributed by atoms with Crippen LogP contribution in [0.1, 0.15) is 29.3 Å². The normalized spacial score (nSPS) is 21.6. The lowest BCUT2D eigenvalue weighted by Gasteiger charge is -2.16. The van der Waals surface area contributed by atoms with Crippen LogP contribution in [0.15, 0.2) is 24.3 Å². The van der Waals surface area contributed by atoms with Crippen molar-refractivity contribution in [1.82, 2.24) is 5.32 Å². The molecule has 1 aliphatic rings. The molecule has 1 aliphatic heterocycles. The fourth-order valence-corrected chi connectivity index (χ4v) is 2.06. The van der Waals surface area contributed by atoms with Crippen molar-refractivity contribution in [2.24, 2.45) is 5.73 Å². The van der Waals surface area contributed by atoms with Gasteiger partial charge in [-0.3, -0.25) is 4.79 Å². The minimum atomic E-state index is -0.0845. The summed E-state index contributed by atoms with van der Waals surface area (Å²) in [5, 5.41) is 2.99. The average Bonchev–Trinajstić information content (AvgIpc) is 2.82. The predicted molar refractivity (Wildman–Crippen MR) is 73.7 cm³/mol. The molecule has 2 atom stereocenters. The molecule has 1 heterocycles. The van der Waals surface area contributed by atoms with Gasteiger partial charge in [-0.1, -0.05) is 17.9 Å². The zero-order valence-corrected chi connectivity index (χ0v) is 11.0. The summed E-state index contributed by atoms with van der Waals surface area (Å²) in [6, 6.07) is 7.33. The molecular weight excluding hydrogens is 240 g/mol. The number of amides is 1. The van der Waals surface area contributed by atoms with Crippen LogP contribution in [0.25, 0.3) is 0 Å². The third kappa shape index (κ3) is 3.57. The number of nitrogens with one attached hydrogen (secondary N) is 1. The van der Waals surface area contributed by atoms with E-state index >= 15 is 0 Å². The maximum atomic E-state index is 12.1. The minimum Gasteiger partial charge on any atom is -0.376 e. The third-order valence-corrected chi connectivity index (χ3v) is 3.15. The van der Waals surface area contributed by atoms with Crippen LogP contribution in [0.4, 0.5) is 0 Å². The molecule has 1 aromatic rings. The molecule has 1 fully saturated rings. The first-order chi connectivity index (χ1) is 9.20. The van der Waals surface area contributed by atoms with Crippen LogP contribution in [0.3, 0.4) is 0 Å². The Kier molecular flexibility index (Phi) is 4.56. The van der Waals surface area contributed by atoms with Gasteiger partial charge >= 0.3 is 0 Å². The summed E-state index contributed by atoms with van der Waals surface area (Å²) in [4.78, 5) is 12.1. The van der Waals surface area contributed by atoms with E-state index in [1.165, 1.54) is 0 Å². The molecule has 1 aromatic carbocycles. The number of benzene rings is 1. The smallest absolute Gasteiger partial charge is 0.251 e. The third-order valence-electron chi connectivity index (χ3n) is 3.15. The summed E-state index contributed by atoms with van der Waals surface area (Å²) >= 11 is 0. The summed E-state index contributed by atoms with van der Waals surface area (Å²) in [6.45, 7) is 2.99. The number of rotatable bonds is 2. The van der Waals surface area contributed by atoms with Crippen molar-refractivity contribution in [2.75, 3.05) is 13.2 Å². The Morgan fingerprint density at radius 1 is 1.58 bits per heavy atom. The molecular formula is C15H18N2O2. The molecule has 0 aromatic heterocycles. The van der Waals surface area contributed by atoms with E-state index in [4.69, 9.17) is 10.5 Å². The van der Waals surface area contributed by atoms with Crippen LogP contribution < -0.4 is 11.1 Å². The molecule has 2 unspecified atom stereocenters. The van der Waals surface area contributed by atoms with Crippen LogP contribution in [0, 0.1) is 11.8 Å². The highest BCUT2D eigenvalue weighted by Crippen LogP contribution is 2.13. The zero-order valence-electron chi connectivity index (χ0n) is 11.0. The number of carbonyl (C=O) groups is 1. The minimum absolute atomic E-state index is 0.0733. The Bertz CT molecular complexity index is 516. The summed E-state index contributed by atoms with van der Waals surface area (Å²) in [5.41, 5.74) is 6.75. The van der Waals surface area contributed by atoms with Gasteiger partial charge in [0.2, 0.25) is 0 Å². The SMILES string of the molecule is CC1OCCC1NC(=O)c1cccc(C#CCN)c1.